The number of hydrogen-bond donors (Lipinski definition) is 1. The molecule has 144 valence electrons. The number of benzene rings is 2. The molecule has 0 aliphatic heterocycles. The third-order valence-corrected chi connectivity index (χ3v) is 4.21. The summed E-state index contributed by atoms with van der Waals surface area (Å²) in [4.78, 5) is 2.16. The number of phenolic OH excluding ortho intramolecular Hbond substituents is 1. The molecule has 0 aliphatic rings. The summed E-state index contributed by atoms with van der Waals surface area (Å²) in [6, 6.07) is 14.6. The summed E-state index contributed by atoms with van der Waals surface area (Å²) in [6.07, 6.45) is 0. The van der Waals surface area contributed by atoms with E-state index < -0.39 is 0 Å². The highest BCUT2D eigenvalue weighted by atomic mass is 16.3. The van der Waals surface area contributed by atoms with Crippen LogP contribution in [0.15, 0.2) is 42.5 Å². The first-order valence-corrected chi connectivity index (χ1v) is 9.35. The molecule has 0 fully saturated rings. The second-order valence-corrected chi connectivity index (χ2v) is 9.43. The van der Waals surface area contributed by atoms with Crippen LogP contribution in [-0.4, -0.2) is 24.1 Å². The molecule has 2 aromatic carbocycles. The van der Waals surface area contributed by atoms with Crippen LogP contribution >= 0.6 is 0 Å². The van der Waals surface area contributed by atoms with Crippen molar-refractivity contribution in [2.24, 2.45) is 0 Å². The summed E-state index contributed by atoms with van der Waals surface area (Å²) >= 11 is 0. The van der Waals surface area contributed by atoms with Gasteiger partial charge >= 0.3 is 0 Å². The summed E-state index contributed by atoms with van der Waals surface area (Å²) in [6.45, 7) is 15.9. The number of nitrogens with zero attached hydrogens (tertiary/aromatic N) is 1. The molecule has 0 unspecified atom stereocenters. The summed E-state index contributed by atoms with van der Waals surface area (Å²) in [5, 5.41) is 10.4. The minimum Gasteiger partial charge on any atom is -0.507 e. The Morgan fingerprint density at radius 2 is 1.23 bits per heavy atom. The Kier molecular flexibility index (Phi) is 7.46. The van der Waals surface area contributed by atoms with E-state index in [-0.39, 0.29) is 10.8 Å². The molecule has 0 aromatic heterocycles. The molecule has 0 saturated heterocycles. The third kappa shape index (κ3) is 6.84. The van der Waals surface area contributed by atoms with Gasteiger partial charge in [-0.2, -0.15) is 0 Å². The van der Waals surface area contributed by atoms with E-state index in [1.807, 2.05) is 6.07 Å². The van der Waals surface area contributed by atoms with Crippen molar-refractivity contribution < 1.29 is 5.11 Å². The Hall–Kier alpha value is -1.80. The van der Waals surface area contributed by atoms with Gasteiger partial charge in [0.1, 0.15) is 5.75 Å². The van der Waals surface area contributed by atoms with E-state index >= 15 is 0 Å². The molecule has 26 heavy (non-hydrogen) atoms. The minimum absolute atomic E-state index is 0.0178. The molecule has 2 rings (SSSR count). The summed E-state index contributed by atoms with van der Waals surface area (Å²) in [5.41, 5.74) is 4.63. The number of rotatable bonds is 2. The maximum atomic E-state index is 10.4. The molecule has 0 saturated carbocycles. The van der Waals surface area contributed by atoms with Crippen LogP contribution in [0.4, 0.5) is 0 Å². The first-order chi connectivity index (χ1) is 11.8. The molecule has 0 atom stereocenters. The number of hydrogen-bond acceptors (Lipinski definition) is 2. The van der Waals surface area contributed by atoms with Gasteiger partial charge in [-0.1, -0.05) is 89.6 Å². The fraction of sp³-hybridized carbons (Fsp3) is 0.500. The monoisotopic (exact) mass is 355 g/mol. The van der Waals surface area contributed by atoms with Gasteiger partial charge in [0.25, 0.3) is 0 Å². The molecule has 0 spiro atoms. The highest BCUT2D eigenvalue weighted by Gasteiger charge is 2.25. The summed E-state index contributed by atoms with van der Waals surface area (Å²) < 4.78 is 0. The van der Waals surface area contributed by atoms with Crippen LogP contribution in [0.1, 0.15) is 63.8 Å². The first kappa shape index (κ1) is 22.2. The maximum Gasteiger partial charge on any atom is 0.123 e. The Balaban J connectivity index is 0.000000289. The number of phenols is 1. The molecule has 0 aliphatic carbocycles. The van der Waals surface area contributed by atoms with Crippen LogP contribution < -0.4 is 0 Å². The van der Waals surface area contributed by atoms with Gasteiger partial charge in [0.05, 0.1) is 0 Å². The fourth-order valence-electron chi connectivity index (χ4n) is 2.87. The number of aromatic hydroxyl groups is 1. The summed E-state index contributed by atoms with van der Waals surface area (Å²) in [5.74, 6) is 0.464. The Morgan fingerprint density at radius 1 is 0.808 bits per heavy atom. The molecule has 0 amide bonds. The second kappa shape index (κ2) is 8.73. The van der Waals surface area contributed by atoms with Crippen LogP contribution in [-0.2, 0) is 17.4 Å². The average Bonchev–Trinajstić information content (AvgIpc) is 2.48. The summed E-state index contributed by atoms with van der Waals surface area (Å²) in [7, 11) is 4.15. The molecule has 0 bridgehead atoms. The van der Waals surface area contributed by atoms with E-state index in [1.165, 1.54) is 11.1 Å². The minimum atomic E-state index is -0.0178. The van der Waals surface area contributed by atoms with Gasteiger partial charge in [-0.3, -0.25) is 0 Å². The first-order valence-electron chi connectivity index (χ1n) is 9.35. The van der Waals surface area contributed by atoms with Crippen molar-refractivity contribution in [2.75, 3.05) is 14.1 Å². The lowest BCUT2D eigenvalue weighted by Crippen LogP contribution is -2.17. The van der Waals surface area contributed by atoms with Gasteiger partial charge in [-0.05, 0) is 48.5 Å². The molecule has 2 aromatic rings. The quantitative estimate of drug-likeness (QED) is 0.709. The second-order valence-electron chi connectivity index (χ2n) is 9.43. The van der Waals surface area contributed by atoms with Crippen molar-refractivity contribution in [3.63, 3.8) is 0 Å². The molecule has 0 heterocycles. The highest BCUT2D eigenvalue weighted by molar-refractivity contribution is 5.49. The van der Waals surface area contributed by atoms with Crippen molar-refractivity contribution in [3.8, 4) is 5.75 Å². The van der Waals surface area contributed by atoms with Gasteiger partial charge in [-0.15, -0.1) is 0 Å². The van der Waals surface area contributed by atoms with Crippen molar-refractivity contribution in [3.05, 3.63) is 64.7 Å². The predicted molar refractivity (Wildman–Crippen MR) is 114 cm³/mol. The van der Waals surface area contributed by atoms with Gasteiger partial charge < -0.3 is 10.0 Å². The SMILES string of the molecule is CN(C)Cc1ccccc1.Cc1cc(C(C)(C)C)c(O)c(C(C)(C)C)c1. The normalized spacial score (nSPS) is 11.9. The molecule has 2 heteroatoms. The number of aryl methyl sites for hydroxylation is 1. The van der Waals surface area contributed by atoms with E-state index in [1.54, 1.807) is 0 Å². The molecular weight excluding hydrogens is 318 g/mol. The zero-order valence-electron chi connectivity index (χ0n) is 18.1. The van der Waals surface area contributed by atoms with Crippen molar-refractivity contribution in [2.45, 2.75) is 65.8 Å². The van der Waals surface area contributed by atoms with E-state index in [0.717, 1.165) is 17.7 Å². The van der Waals surface area contributed by atoms with Gasteiger partial charge in [0, 0.05) is 6.54 Å². The molecular formula is C24H37NO. The predicted octanol–water partition coefficient (Wildman–Crippen LogP) is 6.04. The van der Waals surface area contributed by atoms with Gasteiger partial charge in [0.15, 0.2) is 0 Å². The highest BCUT2D eigenvalue weighted by Crippen LogP contribution is 2.39. The van der Waals surface area contributed by atoms with E-state index in [4.69, 9.17) is 0 Å². The van der Waals surface area contributed by atoms with Crippen molar-refractivity contribution in [1.29, 1.82) is 0 Å². The van der Waals surface area contributed by atoms with Crippen LogP contribution in [0.3, 0.4) is 0 Å². The molecule has 1 N–H and O–H groups in total. The van der Waals surface area contributed by atoms with Gasteiger partial charge in [0.2, 0.25) is 0 Å². The lowest BCUT2D eigenvalue weighted by atomic mass is 9.78. The Morgan fingerprint density at radius 3 is 1.58 bits per heavy atom. The zero-order chi connectivity index (χ0) is 20.1. The molecule has 2 nitrogen and oxygen atoms in total. The van der Waals surface area contributed by atoms with Crippen LogP contribution in [0.2, 0.25) is 0 Å². The smallest absolute Gasteiger partial charge is 0.123 e. The topological polar surface area (TPSA) is 23.5 Å². The standard InChI is InChI=1S/C15H24O.C9H13N/c1-10-8-11(14(2,3)4)13(16)12(9-10)15(5,6)7;1-10(2)8-9-6-4-3-5-7-9/h8-9,16H,1-7H3;3-7H,8H2,1-2H3. The van der Waals surface area contributed by atoms with E-state index in [9.17, 15) is 5.11 Å². The lowest BCUT2D eigenvalue weighted by Gasteiger charge is -2.27. The Bertz CT molecular complexity index is 653. The fourth-order valence-corrected chi connectivity index (χ4v) is 2.87. The third-order valence-electron chi connectivity index (χ3n) is 4.21. The van der Waals surface area contributed by atoms with Crippen molar-refractivity contribution in [1.82, 2.24) is 4.90 Å². The maximum absolute atomic E-state index is 10.4. The lowest BCUT2D eigenvalue weighted by molar-refractivity contribution is 0.402. The average molecular weight is 356 g/mol. The van der Waals surface area contributed by atoms with Crippen LogP contribution in [0.25, 0.3) is 0 Å². The zero-order valence-corrected chi connectivity index (χ0v) is 18.1. The largest absolute Gasteiger partial charge is 0.507 e. The van der Waals surface area contributed by atoms with E-state index in [0.29, 0.717) is 5.75 Å². The van der Waals surface area contributed by atoms with E-state index in [2.05, 4.69) is 104 Å². The van der Waals surface area contributed by atoms with Crippen molar-refractivity contribution >= 4 is 0 Å². The van der Waals surface area contributed by atoms with Crippen LogP contribution in [0.5, 0.6) is 5.75 Å². The molecule has 0 radical (unpaired) electrons. The van der Waals surface area contributed by atoms with Crippen LogP contribution in [0, 0.1) is 6.92 Å². The van der Waals surface area contributed by atoms with Gasteiger partial charge in [-0.25, -0.2) is 0 Å². The Labute approximate surface area is 160 Å².